The van der Waals surface area contributed by atoms with E-state index in [0.717, 1.165) is 0 Å². The Labute approximate surface area is 163 Å². The van der Waals surface area contributed by atoms with E-state index in [0.29, 0.717) is 30.9 Å². The lowest BCUT2D eigenvalue weighted by Crippen LogP contribution is -2.40. The van der Waals surface area contributed by atoms with E-state index in [9.17, 15) is 14.0 Å². The summed E-state index contributed by atoms with van der Waals surface area (Å²) in [5.74, 6) is -0.462. The first-order valence-corrected chi connectivity index (χ1v) is 9.29. The first-order valence-electron chi connectivity index (χ1n) is 9.29. The second kappa shape index (κ2) is 7.83. The van der Waals surface area contributed by atoms with Gasteiger partial charge in [-0.05, 0) is 45.4 Å². The standard InChI is InChI=1S/C19H26FN3O5/c1-19(2,3)28-17(25)21-12-6-7-22(9-12)16-5-4-13(8-15(16)20)23-10-14(11-24)27-18(23)26/h4-5,8,12,14,24H,6-7,9-11H2,1-3H3,(H,21,25)/t12-,14-/m1/s1. The molecule has 2 atom stereocenters. The van der Waals surface area contributed by atoms with Gasteiger partial charge in [-0.3, -0.25) is 4.90 Å². The summed E-state index contributed by atoms with van der Waals surface area (Å²) in [6.45, 7) is 6.35. The number of aliphatic hydroxyl groups excluding tert-OH is 1. The van der Waals surface area contributed by atoms with Crippen LogP contribution in [-0.2, 0) is 9.47 Å². The van der Waals surface area contributed by atoms with Crippen LogP contribution in [0.3, 0.4) is 0 Å². The Balaban J connectivity index is 1.62. The minimum atomic E-state index is -0.603. The Kier molecular flexibility index (Phi) is 5.64. The van der Waals surface area contributed by atoms with Crippen LogP contribution in [0.25, 0.3) is 0 Å². The van der Waals surface area contributed by atoms with Crippen molar-refractivity contribution in [3.8, 4) is 0 Å². The van der Waals surface area contributed by atoms with Gasteiger partial charge in [-0.15, -0.1) is 0 Å². The second-order valence-corrected chi connectivity index (χ2v) is 8.01. The molecule has 0 bridgehead atoms. The first kappa shape index (κ1) is 20.2. The average Bonchev–Trinajstić information content (AvgIpc) is 3.19. The van der Waals surface area contributed by atoms with Crippen molar-refractivity contribution in [1.82, 2.24) is 5.32 Å². The van der Waals surface area contributed by atoms with Crippen molar-refractivity contribution >= 4 is 23.6 Å². The van der Waals surface area contributed by atoms with E-state index in [4.69, 9.17) is 14.6 Å². The highest BCUT2D eigenvalue weighted by molar-refractivity contribution is 5.90. The number of cyclic esters (lactones) is 1. The van der Waals surface area contributed by atoms with Gasteiger partial charge in [0.15, 0.2) is 0 Å². The Morgan fingerprint density at radius 3 is 2.75 bits per heavy atom. The predicted octanol–water partition coefficient (Wildman–Crippen LogP) is 2.25. The van der Waals surface area contributed by atoms with Crippen molar-refractivity contribution in [3.63, 3.8) is 0 Å². The molecule has 2 heterocycles. The molecule has 1 aromatic rings. The van der Waals surface area contributed by atoms with Crippen LogP contribution < -0.4 is 15.1 Å². The Bertz CT molecular complexity index is 752. The van der Waals surface area contributed by atoms with Gasteiger partial charge in [-0.2, -0.15) is 0 Å². The highest BCUT2D eigenvalue weighted by Crippen LogP contribution is 2.29. The number of nitrogens with one attached hydrogen (secondary N) is 1. The largest absolute Gasteiger partial charge is 0.444 e. The van der Waals surface area contributed by atoms with Crippen LogP contribution in [0.2, 0.25) is 0 Å². The zero-order chi connectivity index (χ0) is 20.5. The lowest BCUT2D eigenvalue weighted by molar-refractivity contribution is 0.0509. The number of hydrogen-bond donors (Lipinski definition) is 2. The molecular weight excluding hydrogens is 369 g/mol. The number of aliphatic hydroxyl groups is 1. The quantitative estimate of drug-likeness (QED) is 0.813. The van der Waals surface area contributed by atoms with E-state index in [1.54, 1.807) is 32.9 Å². The monoisotopic (exact) mass is 395 g/mol. The number of rotatable bonds is 4. The van der Waals surface area contributed by atoms with Gasteiger partial charge in [0.1, 0.15) is 17.5 Å². The van der Waals surface area contributed by atoms with Gasteiger partial charge in [0, 0.05) is 13.1 Å². The maximum absolute atomic E-state index is 14.7. The highest BCUT2D eigenvalue weighted by Gasteiger charge is 2.33. The number of carbonyl (C=O) groups excluding carboxylic acids is 2. The summed E-state index contributed by atoms with van der Waals surface area (Å²) >= 11 is 0. The molecule has 2 aliphatic heterocycles. The van der Waals surface area contributed by atoms with Gasteiger partial charge in [0.05, 0.1) is 30.6 Å². The number of carbonyl (C=O) groups is 2. The van der Waals surface area contributed by atoms with Crippen LogP contribution in [-0.4, -0.2) is 61.3 Å². The molecule has 2 N–H and O–H groups in total. The van der Waals surface area contributed by atoms with E-state index in [1.165, 1.54) is 11.0 Å². The van der Waals surface area contributed by atoms with Gasteiger partial charge >= 0.3 is 12.2 Å². The molecule has 2 amide bonds. The topological polar surface area (TPSA) is 91.3 Å². The average molecular weight is 395 g/mol. The van der Waals surface area contributed by atoms with Crippen molar-refractivity contribution in [2.24, 2.45) is 0 Å². The lowest BCUT2D eigenvalue weighted by atomic mass is 10.2. The van der Waals surface area contributed by atoms with Crippen LogP contribution in [0.1, 0.15) is 27.2 Å². The molecule has 0 aliphatic carbocycles. The third-order valence-electron chi connectivity index (χ3n) is 4.57. The number of alkyl carbamates (subject to hydrolysis) is 1. The summed E-state index contributed by atoms with van der Waals surface area (Å²) in [6, 6.07) is 4.41. The van der Waals surface area contributed by atoms with Crippen molar-refractivity contribution in [2.75, 3.05) is 36.0 Å². The number of halogens is 1. The van der Waals surface area contributed by atoms with E-state index in [2.05, 4.69) is 5.32 Å². The first-order chi connectivity index (χ1) is 13.2. The minimum Gasteiger partial charge on any atom is -0.444 e. The normalized spacial score (nSPS) is 22.4. The molecule has 2 saturated heterocycles. The maximum atomic E-state index is 14.7. The van der Waals surface area contributed by atoms with Gasteiger partial charge in [0.25, 0.3) is 0 Å². The zero-order valence-corrected chi connectivity index (χ0v) is 16.3. The number of hydrogen-bond acceptors (Lipinski definition) is 6. The van der Waals surface area contributed by atoms with Crippen LogP contribution in [0, 0.1) is 5.82 Å². The third kappa shape index (κ3) is 4.64. The van der Waals surface area contributed by atoms with Crippen molar-refractivity contribution in [2.45, 2.75) is 44.9 Å². The van der Waals surface area contributed by atoms with Crippen LogP contribution >= 0.6 is 0 Å². The number of benzene rings is 1. The number of ether oxygens (including phenoxy) is 2. The maximum Gasteiger partial charge on any atom is 0.414 e. The highest BCUT2D eigenvalue weighted by atomic mass is 19.1. The van der Waals surface area contributed by atoms with Gasteiger partial charge in [0.2, 0.25) is 0 Å². The molecule has 0 saturated carbocycles. The van der Waals surface area contributed by atoms with Crippen molar-refractivity contribution < 1.29 is 28.6 Å². The molecule has 28 heavy (non-hydrogen) atoms. The van der Waals surface area contributed by atoms with E-state index < -0.39 is 29.7 Å². The SMILES string of the molecule is CC(C)(C)OC(=O)N[C@@H]1CCN(c2ccc(N3C[C@H](CO)OC3=O)cc2F)C1. The van der Waals surface area contributed by atoms with E-state index in [1.807, 2.05) is 4.90 Å². The summed E-state index contributed by atoms with van der Waals surface area (Å²) in [7, 11) is 0. The minimum absolute atomic E-state index is 0.132. The van der Waals surface area contributed by atoms with Crippen LogP contribution in [0.4, 0.5) is 25.4 Å². The molecule has 9 heteroatoms. The Hall–Kier alpha value is -2.55. The van der Waals surface area contributed by atoms with Gasteiger partial charge in [-0.25, -0.2) is 14.0 Å². The molecular formula is C19H26FN3O5. The summed E-state index contributed by atoms with van der Waals surface area (Å²) in [5.41, 5.74) is 0.212. The molecule has 3 rings (SSSR count). The summed E-state index contributed by atoms with van der Waals surface area (Å²) in [6.07, 6.45) is -1.01. The fourth-order valence-corrected chi connectivity index (χ4v) is 3.32. The second-order valence-electron chi connectivity index (χ2n) is 8.01. The van der Waals surface area contributed by atoms with Crippen molar-refractivity contribution in [1.29, 1.82) is 0 Å². The van der Waals surface area contributed by atoms with Crippen LogP contribution in [0.5, 0.6) is 0 Å². The van der Waals surface area contributed by atoms with Gasteiger partial charge < -0.3 is 24.8 Å². The molecule has 0 aromatic heterocycles. The summed E-state index contributed by atoms with van der Waals surface area (Å²) in [4.78, 5) is 26.9. The molecule has 0 spiro atoms. The Morgan fingerprint density at radius 2 is 2.14 bits per heavy atom. The summed E-state index contributed by atoms with van der Waals surface area (Å²) in [5, 5.41) is 11.9. The van der Waals surface area contributed by atoms with Crippen molar-refractivity contribution in [3.05, 3.63) is 24.0 Å². The molecule has 2 aliphatic rings. The number of nitrogens with zero attached hydrogens (tertiary/aromatic N) is 2. The van der Waals surface area contributed by atoms with Gasteiger partial charge in [-0.1, -0.05) is 0 Å². The molecule has 1 aromatic carbocycles. The van der Waals surface area contributed by atoms with E-state index in [-0.39, 0.29) is 19.2 Å². The fraction of sp³-hybridized carbons (Fsp3) is 0.579. The number of anilines is 2. The van der Waals surface area contributed by atoms with E-state index >= 15 is 0 Å². The number of amides is 2. The molecule has 0 radical (unpaired) electrons. The fourth-order valence-electron chi connectivity index (χ4n) is 3.32. The third-order valence-corrected chi connectivity index (χ3v) is 4.57. The Morgan fingerprint density at radius 1 is 1.39 bits per heavy atom. The predicted molar refractivity (Wildman–Crippen MR) is 101 cm³/mol. The smallest absolute Gasteiger partial charge is 0.414 e. The molecule has 2 fully saturated rings. The lowest BCUT2D eigenvalue weighted by Gasteiger charge is -2.23. The zero-order valence-electron chi connectivity index (χ0n) is 16.3. The molecule has 154 valence electrons. The molecule has 8 nitrogen and oxygen atoms in total. The van der Waals surface area contributed by atoms with Crippen LogP contribution in [0.15, 0.2) is 18.2 Å². The molecule has 0 unspecified atom stereocenters. The summed E-state index contributed by atoms with van der Waals surface area (Å²) < 4.78 is 24.9.